The molecule has 0 radical (unpaired) electrons. The molecule has 1 aromatic carbocycles. The Labute approximate surface area is 162 Å². The van der Waals surface area contributed by atoms with Crippen LogP contribution in [0.5, 0.6) is 0 Å². The number of carbonyl (C=O) groups excluding carboxylic acids is 2. The maximum atomic E-state index is 12.4. The van der Waals surface area contributed by atoms with E-state index in [1.54, 1.807) is 0 Å². The molecule has 2 fully saturated rings. The van der Waals surface area contributed by atoms with E-state index >= 15 is 0 Å². The quantitative estimate of drug-likeness (QED) is 0.864. The Hall–Kier alpha value is -1.88. The normalized spacial score (nSPS) is 22.0. The van der Waals surface area contributed by atoms with Crippen molar-refractivity contribution in [2.24, 2.45) is 11.8 Å². The van der Waals surface area contributed by atoms with E-state index < -0.39 is 0 Å². The molecule has 0 bridgehead atoms. The molecule has 1 aromatic rings. The van der Waals surface area contributed by atoms with Crippen molar-refractivity contribution in [3.8, 4) is 0 Å². The molecule has 1 unspecified atom stereocenters. The fourth-order valence-electron chi connectivity index (χ4n) is 4.28. The molecule has 0 saturated carbocycles. The first-order chi connectivity index (χ1) is 13.0. The number of amides is 2. The van der Waals surface area contributed by atoms with Crippen LogP contribution in [-0.4, -0.2) is 42.0 Å². The third-order valence-electron chi connectivity index (χ3n) is 5.88. The highest BCUT2D eigenvalue weighted by Gasteiger charge is 2.41. The van der Waals surface area contributed by atoms with Crippen molar-refractivity contribution in [2.45, 2.75) is 58.1 Å². The Morgan fingerprint density at radius 3 is 2.59 bits per heavy atom. The number of ether oxygens (including phenoxy) is 1. The molecule has 2 aliphatic heterocycles. The van der Waals surface area contributed by atoms with Crippen LogP contribution in [0.3, 0.4) is 0 Å². The van der Waals surface area contributed by atoms with Crippen molar-refractivity contribution in [1.82, 2.24) is 10.2 Å². The largest absolute Gasteiger partial charge is 0.375 e. The minimum atomic E-state index is -0.142. The summed E-state index contributed by atoms with van der Waals surface area (Å²) in [6, 6.07) is 10.00. The molecule has 5 nitrogen and oxygen atoms in total. The van der Waals surface area contributed by atoms with Crippen molar-refractivity contribution in [3.05, 3.63) is 35.9 Å². The van der Waals surface area contributed by atoms with Gasteiger partial charge in [-0.15, -0.1) is 0 Å². The number of benzene rings is 1. The number of nitrogens with zero attached hydrogens (tertiary/aromatic N) is 1. The van der Waals surface area contributed by atoms with Gasteiger partial charge in [-0.3, -0.25) is 9.59 Å². The van der Waals surface area contributed by atoms with E-state index in [2.05, 4.69) is 5.32 Å². The first kappa shape index (κ1) is 19.9. The van der Waals surface area contributed by atoms with Crippen LogP contribution < -0.4 is 5.32 Å². The van der Waals surface area contributed by atoms with Crippen LogP contribution in [0.1, 0.15) is 51.5 Å². The number of nitrogens with one attached hydrogen (secondary N) is 1. The van der Waals surface area contributed by atoms with Gasteiger partial charge in [-0.1, -0.05) is 44.2 Å². The zero-order valence-corrected chi connectivity index (χ0v) is 16.6. The van der Waals surface area contributed by atoms with Crippen LogP contribution in [0.2, 0.25) is 0 Å². The van der Waals surface area contributed by atoms with Crippen molar-refractivity contribution >= 4 is 11.8 Å². The first-order valence-corrected chi connectivity index (χ1v) is 10.2. The predicted molar refractivity (Wildman–Crippen MR) is 105 cm³/mol. The second-order valence-corrected chi connectivity index (χ2v) is 8.34. The van der Waals surface area contributed by atoms with Crippen LogP contribution in [0.4, 0.5) is 0 Å². The van der Waals surface area contributed by atoms with Crippen LogP contribution in [-0.2, 0) is 20.9 Å². The number of hydrogen-bond acceptors (Lipinski definition) is 3. The Kier molecular flexibility index (Phi) is 6.53. The molecular weight excluding hydrogens is 340 g/mol. The summed E-state index contributed by atoms with van der Waals surface area (Å²) in [6.45, 7) is 6.74. The number of carbonyl (C=O) groups is 2. The highest BCUT2D eigenvalue weighted by Crippen LogP contribution is 2.39. The zero-order chi connectivity index (χ0) is 19.3. The summed E-state index contributed by atoms with van der Waals surface area (Å²) in [4.78, 5) is 26.5. The molecule has 2 amide bonds. The van der Waals surface area contributed by atoms with E-state index in [4.69, 9.17) is 4.74 Å². The molecule has 3 rings (SSSR count). The Morgan fingerprint density at radius 2 is 1.93 bits per heavy atom. The van der Waals surface area contributed by atoms with E-state index in [1.807, 2.05) is 49.1 Å². The highest BCUT2D eigenvalue weighted by atomic mass is 16.5. The summed E-state index contributed by atoms with van der Waals surface area (Å²) in [5.74, 6) is 0.764. The smallest absolute Gasteiger partial charge is 0.225 e. The Bertz CT molecular complexity index is 636. The Morgan fingerprint density at radius 1 is 1.22 bits per heavy atom. The lowest BCUT2D eigenvalue weighted by atomic mass is 9.78. The van der Waals surface area contributed by atoms with Crippen LogP contribution >= 0.6 is 0 Å². The highest BCUT2D eigenvalue weighted by molar-refractivity contribution is 5.78. The molecule has 2 aliphatic rings. The average Bonchev–Trinajstić information content (AvgIpc) is 2.67. The van der Waals surface area contributed by atoms with Gasteiger partial charge in [0, 0.05) is 38.6 Å². The van der Waals surface area contributed by atoms with E-state index in [9.17, 15) is 9.59 Å². The average molecular weight is 373 g/mol. The lowest BCUT2D eigenvalue weighted by molar-refractivity contribution is -0.150. The fraction of sp³-hybridized carbons (Fsp3) is 0.636. The summed E-state index contributed by atoms with van der Waals surface area (Å²) < 4.78 is 6.17. The molecular formula is C22H32N2O3. The van der Waals surface area contributed by atoms with Gasteiger partial charge in [0.1, 0.15) is 0 Å². The van der Waals surface area contributed by atoms with E-state index in [0.717, 1.165) is 50.9 Å². The van der Waals surface area contributed by atoms with Gasteiger partial charge in [0.05, 0.1) is 5.60 Å². The molecule has 2 heterocycles. The zero-order valence-electron chi connectivity index (χ0n) is 16.6. The number of likely N-dealkylation sites (tertiary alicyclic amines) is 1. The SMILES string of the molecule is CC(C)C(=O)N1CCC2(CC1)CC(CC(=O)NCc1ccccc1)CCO2. The molecule has 1 atom stereocenters. The summed E-state index contributed by atoms with van der Waals surface area (Å²) in [5.41, 5.74) is 0.979. The van der Waals surface area contributed by atoms with Gasteiger partial charge in [0.15, 0.2) is 0 Å². The molecule has 1 spiro atoms. The molecule has 0 aromatic heterocycles. The van der Waals surface area contributed by atoms with Gasteiger partial charge in [-0.25, -0.2) is 0 Å². The van der Waals surface area contributed by atoms with Gasteiger partial charge in [-0.05, 0) is 37.2 Å². The second-order valence-electron chi connectivity index (χ2n) is 8.34. The summed E-state index contributed by atoms with van der Waals surface area (Å²) in [5, 5.41) is 3.04. The van der Waals surface area contributed by atoms with Gasteiger partial charge >= 0.3 is 0 Å². The summed E-state index contributed by atoms with van der Waals surface area (Å²) in [7, 11) is 0. The van der Waals surface area contributed by atoms with Crippen molar-refractivity contribution in [1.29, 1.82) is 0 Å². The number of rotatable bonds is 5. The topological polar surface area (TPSA) is 58.6 Å². The first-order valence-electron chi connectivity index (χ1n) is 10.2. The number of piperidine rings is 1. The molecule has 0 aliphatic carbocycles. The summed E-state index contributed by atoms with van der Waals surface area (Å²) >= 11 is 0. The minimum Gasteiger partial charge on any atom is -0.375 e. The third kappa shape index (κ3) is 5.32. The standard InChI is InChI=1S/C22H32N2O3/c1-17(2)21(26)24-11-9-22(10-12-24)15-19(8-13-27-22)14-20(25)23-16-18-6-4-3-5-7-18/h3-7,17,19H,8-16H2,1-2H3,(H,23,25). The number of hydrogen-bond donors (Lipinski definition) is 1. The van der Waals surface area contributed by atoms with Gasteiger partial charge in [0.25, 0.3) is 0 Å². The minimum absolute atomic E-state index is 0.0485. The maximum absolute atomic E-state index is 12.4. The van der Waals surface area contributed by atoms with Crippen LogP contribution in [0.25, 0.3) is 0 Å². The van der Waals surface area contributed by atoms with E-state index in [0.29, 0.717) is 18.9 Å². The van der Waals surface area contributed by atoms with E-state index in [1.165, 1.54) is 0 Å². The van der Waals surface area contributed by atoms with Crippen molar-refractivity contribution in [3.63, 3.8) is 0 Å². The molecule has 1 N–H and O–H groups in total. The molecule has 27 heavy (non-hydrogen) atoms. The second kappa shape index (κ2) is 8.87. The maximum Gasteiger partial charge on any atom is 0.225 e. The molecule has 5 heteroatoms. The van der Waals surface area contributed by atoms with E-state index in [-0.39, 0.29) is 23.3 Å². The lowest BCUT2D eigenvalue weighted by Gasteiger charge is -2.46. The molecule has 148 valence electrons. The van der Waals surface area contributed by atoms with Gasteiger partial charge in [0.2, 0.25) is 11.8 Å². The van der Waals surface area contributed by atoms with Gasteiger partial charge in [-0.2, -0.15) is 0 Å². The third-order valence-corrected chi connectivity index (χ3v) is 5.88. The predicted octanol–water partition coefficient (Wildman–Crippen LogP) is 3.14. The fourth-order valence-corrected chi connectivity index (χ4v) is 4.28. The van der Waals surface area contributed by atoms with Crippen LogP contribution in [0, 0.1) is 11.8 Å². The lowest BCUT2D eigenvalue weighted by Crippen LogP contribution is -2.51. The van der Waals surface area contributed by atoms with Gasteiger partial charge < -0.3 is 15.0 Å². The summed E-state index contributed by atoms with van der Waals surface area (Å²) in [6.07, 6.45) is 4.19. The van der Waals surface area contributed by atoms with Crippen molar-refractivity contribution in [2.75, 3.05) is 19.7 Å². The van der Waals surface area contributed by atoms with Crippen molar-refractivity contribution < 1.29 is 14.3 Å². The Balaban J connectivity index is 1.46. The van der Waals surface area contributed by atoms with Crippen LogP contribution in [0.15, 0.2) is 30.3 Å². The molecule has 2 saturated heterocycles. The monoisotopic (exact) mass is 372 g/mol.